The van der Waals surface area contributed by atoms with E-state index in [9.17, 15) is 0 Å². The van der Waals surface area contributed by atoms with Crippen LogP contribution in [0, 0.1) is 0 Å². The zero-order chi connectivity index (χ0) is 5.98. The summed E-state index contributed by atoms with van der Waals surface area (Å²) in [4.78, 5) is 6.07. The van der Waals surface area contributed by atoms with E-state index in [2.05, 4.69) is 16.8 Å². The van der Waals surface area contributed by atoms with Crippen LogP contribution in [0.5, 0.6) is 0 Å². The molecule has 1 heterocycles. The maximum absolute atomic E-state index is 3.96. The van der Waals surface area contributed by atoms with Crippen molar-refractivity contribution >= 4 is 6.21 Å². The van der Waals surface area contributed by atoms with Crippen LogP contribution in [0.2, 0.25) is 0 Å². The van der Waals surface area contributed by atoms with Crippen LogP contribution >= 0.6 is 0 Å². The first kappa shape index (κ1) is 5.35. The molecule has 0 aromatic rings. The van der Waals surface area contributed by atoms with Crippen molar-refractivity contribution in [1.82, 2.24) is 4.90 Å². The molecule has 1 atom stereocenters. The van der Waals surface area contributed by atoms with Gasteiger partial charge in [0.15, 0.2) is 0 Å². The quantitative estimate of drug-likeness (QED) is 0.451. The highest BCUT2D eigenvalue weighted by molar-refractivity contribution is 5.65. The number of nitrogens with zero attached hydrogens (tertiary/aromatic N) is 2. The Balaban J connectivity index is 2.59. The van der Waals surface area contributed by atoms with Gasteiger partial charge in [-0.1, -0.05) is 0 Å². The topological polar surface area (TPSA) is 15.6 Å². The normalized spacial score (nSPS) is 26.8. The van der Waals surface area contributed by atoms with Crippen LogP contribution in [0.15, 0.2) is 17.4 Å². The molecular weight excluding hydrogens is 100 g/mol. The van der Waals surface area contributed by atoms with Crippen molar-refractivity contribution in [3.63, 3.8) is 0 Å². The van der Waals surface area contributed by atoms with E-state index in [1.54, 1.807) is 6.20 Å². The molecular formula is C6H10N2. The standard InChI is InChI=1S/C6H10N2/c1-6-5-7-3-4-8(6)2/h3-6H,1-2H3. The van der Waals surface area contributed by atoms with Crippen LogP contribution < -0.4 is 0 Å². The molecule has 0 aromatic carbocycles. The molecule has 0 aromatic heterocycles. The summed E-state index contributed by atoms with van der Waals surface area (Å²) in [5.41, 5.74) is 0. The lowest BCUT2D eigenvalue weighted by Gasteiger charge is -2.20. The average Bonchev–Trinajstić information content (AvgIpc) is 1.77. The first-order chi connectivity index (χ1) is 3.80. The Kier molecular flexibility index (Phi) is 1.33. The number of hydrogen-bond acceptors (Lipinski definition) is 2. The summed E-state index contributed by atoms with van der Waals surface area (Å²) in [5, 5.41) is 0. The highest BCUT2D eigenvalue weighted by atomic mass is 15.1. The number of aliphatic imine (C=N–C) groups is 1. The summed E-state index contributed by atoms with van der Waals surface area (Å²) < 4.78 is 0. The van der Waals surface area contributed by atoms with Crippen molar-refractivity contribution in [3.05, 3.63) is 12.4 Å². The Morgan fingerprint density at radius 3 is 2.75 bits per heavy atom. The van der Waals surface area contributed by atoms with Crippen LogP contribution in [0.25, 0.3) is 0 Å². The Labute approximate surface area is 49.5 Å². The van der Waals surface area contributed by atoms with Gasteiger partial charge in [-0.05, 0) is 6.92 Å². The first-order valence-corrected chi connectivity index (χ1v) is 2.72. The van der Waals surface area contributed by atoms with Crippen LogP contribution in [-0.4, -0.2) is 24.2 Å². The molecule has 1 aliphatic heterocycles. The summed E-state index contributed by atoms with van der Waals surface area (Å²) >= 11 is 0. The molecule has 0 radical (unpaired) electrons. The van der Waals surface area contributed by atoms with Crippen molar-refractivity contribution in [2.75, 3.05) is 7.05 Å². The maximum Gasteiger partial charge on any atom is 0.0608 e. The van der Waals surface area contributed by atoms with Crippen molar-refractivity contribution in [1.29, 1.82) is 0 Å². The molecule has 0 N–H and O–H groups in total. The summed E-state index contributed by atoms with van der Waals surface area (Å²) in [7, 11) is 2.03. The van der Waals surface area contributed by atoms with Crippen LogP contribution in [0.4, 0.5) is 0 Å². The van der Waals surface area contributed by atoms with Crippen molar-refractivity contribution in [2.24, 2.45) is 4.99 Å². The van der Waals surface area contributed by atoms with Gasteiger partial charge in [0.2, 0.25) is 0 Å². The lowest BCUT2D eigenvalue weighted by atomic mass is 10.3. The highest BCUT2D eigenvalue weighted by Gasteiger charge is 2.01. The average molecular weight is 110 g/mol. The van der Waals surface area contributed by atoms with Gasteiger partial charge in [-0.3, -0.25) is 4.99 Å². The van der Waals surface area contributed by atoms with E-state index in [1.807, 2.05) is 19.5 Å². The molecule has 2 heteroatoms. The van der Waals surface area contributed by atoms with Gasteiger partial charge < -0.3 is 4.90 Å². The predicted octanol–water partition coefficient (Wildman–Crippen LogP) is 0.862. The second-order valence-corrected chi connectivity index (χ2v) is 2.00. The van der Waals surface area contributed by atoms with Gasteiger partial charge >= 0.3 is 0 Å². The van der Waals surface area contributed by atoms with Gasteiger partial charge in [-0.25, -0.2) is 0 Å². The lowest BCUT2D eigenvalue weighted by molar-refractivity contribution is 0.426. The third kappa shape index (κ3) is 0.886. The predicted molar refractivity (Wildman–Crippen MR) is 34.9 cm³/mol. The summed E-state index contributed by atoms with van der Waals surface area (Å²) in [6.07, 6.45) is 5.67. The molecule has 0 saturated carbocycles. The lowest BCUT2D eigenvalue weighted by Crippen LogP contribution is -2.26. The molecule has 0 fully saturated rings. The smallest absolute Gasteiger partial charge is 0.0608 e. The fraction of sp³-hybridized carbons (Fsp3) is 0.500. The molecule has 0 spiro atoms. The van der Waals surface area contributed by atoms with E-state index < -0.39 is 0 Å². The number of hydrogen-bond donors (Lipinski definition) is 0. The summed E-state index contributed by atoms with van der Waals surface area (Å²) in [6, 6.07) is 0.458. The molecule has 2 nitrogen and oxygen atoms in total. The van der Waals surface area contributed by atoms with Gasteiger partial charge in [0.25, 0.3) is 0 Å². The molecule has 1 unspecified atom stereocenters. The van der Waals surface area contributed by atoms with E-state index in [-0.39, 0.29) is 0 Å². The molecule has 0 amide bonds. The van der Waals surface area contributed by atoms with E-state index >= 15 is 0 Å². The second kappa shape index (κ2) is 1.99. The molecule has 44 valence electrons. The van der Waals surface area contributed by atoms with Gasteiger partial charge in [-0.15, -0.1) is 0 Å². The van der Waals surface area contributed by atoms with Gasteiger partial charge in [-0.2, -0.15) is 0 Å². The zero-order valence-electron chi connectivity index (χ0n) is 5.20. The Morgan fingerprint density at radius 2 is 2.38 bits per heavy atom. The van der Waals surface area contributed by atoms with Crippen molar-refractivity contribution in [3.8, 4) is 0 Å². The Bertz CT molecular complexity index is 110. The minimum Gasteiger partial charge on any atom is -0.371 e. The van der Waals surface area contributed by atoms with Crippen LogP contribution in [0.1, 0.15) is 6.92 Å². The second-order valence-electron chi connectivity index (χ2n) is 2.00. The number of rotatable bonds is 0. The maximum atomic E-state index is 3.96. The molecule has 1 rings (SSSR count). The molecule has 8 heavy (non-hydrogen) atoms. The van der Waals surface area contributed by atoms with Crippen molar-refractivity contribution in [2.45, 2.75) is 13.0 Å². The fourth-order valence-electron chi connectivity index (χ4n) is 0.559. The minimum atomic E-state index is 0.458. The Hall–Kier alpha value is -0.790. The summed E-state index contributed by atoms with van der Waals surface area (Å²) in [5.74, 6) is 0. The molecule has 0 aliphatic carbocycles. The summed E-state index contributed by atoms with van der Waals surface area (Å²) in [6.45, 7) is 2.10. The van der Waals surface area contributed by atoms with Gasteiger partial charge in [0.05, 0.1) is 6.04 Å². The van der Waals surface area contributed by atoms with Gasteiger partial charge in [0, 0.05) is 25.7 Å². The fourth-order valence-corrected chi connectivity index (χ4v) is 0.559. The largest absolute Gasteiger partial charge is 0.371 e. The minimum absolute atomic E-state index is 0.458. The molecule has 1 aliphatic rings. The molecule has 0 saturated heterocycles. The molecule has 0 bridgehead atoms. The van der Waals surface area contributed by atoms with Gasteiger partial charge in [0.1, 0.15) is 0 Å². The monoisotopic (exact) mass is 110 g/mol. The highest BCUT2D eigenvalue weighted by Crippen LogP contribution is 1.97. The van der Waals surface area contributed by atoms with E-state index in [0.717, 1.165) is 0 Å². The third-order valence-corrected chi connectivity index (χ3v) is 1.33. The zero-order valence-corrected chi connectivity index (χ0v) is 5.20. The first-order valence-electron chi connectivity index (χ1n) is 2.72. The van der Waals surface area contributed by atoms with E-state index in [4.69, 9.17) is 0 Å². The van der Waals surface area contributed by atoms with Crippen LogP contribution in [-0.2, 0) is 0 Å². The van der Waals surface area contributed by atoms with E-state index in [1.165, 1.54) is 0 Å². The SMILES string of the molecule is CC1C=NC=CN1C. The van der Waals surface area contributed by atoms with E-state index in [0.29, 0.717) is 6.04 Å². The third-order valence-electron chi connectivity index (χ3n) is 1.33. The Morgan fingerprint density at radius 1 is 1.62 bits per heavy atom. The van der Waals surface area contributed by atoms with Crippen molar-refractivity contribution < 1.29 is 0 Å². The van der Waals surface area contributed by atoms with Crippen LogP contribution in [0.3, 0.4) is 0 Å².